The Labute approximate surface area is 114 Å². The van der Waals surface area contributed by atoms with Crippen LogP contribution in [-0.2, 0) is 11.3 Å². The van der Waals surface area contributed by atoms with Crippen LogP contribution in [0, 0.1) is 11.8 Å². The lowest BCUT2D eigenvalue weighted by Gasteiger charge is -2.19. The second-order valence-corrected chi connectivity index (χ2v) is 5.52. The third-order valence-electron chi connectivity index (χ3n) is 3.61. The molecule has 1 aromatic rings. The maximum absolute atomic E-state index is 11.3. The number of ether oxygens (including phenoxy) is 1. The minimum absolute atomic E-state index is 0.0916. The summed E-state index contributed by atoms with van der Waals surface area (Å²) < 4.78 is 5.33. The van der Waals surface area contributed by atoms with Crippen molar-refractivity contribution in [3.63, 3.8) is 0 Å². The maximum Gasteiger partial charge on any atom is 0.262 e. The Hall–Kier alpha value is -1.55. The van der Waals surface area contributed by atoms with Crippen LogP contribution in [0.4, 0.5) is 5.69 Å². The van der Waals surface area contributed by atoms with Gasteiger partial charge in [-0.15, -0.1) is 0 Å². The number of nitrogens with one attached hydrogen (secondary N) is 2. The molecule has 0 spiro atoms. The van der Waals surface area contributed by atoms with Crippen LogP contribution < -0.4 is 15.4 Å². The number of benzene rings is 1. The number of carbonyl (C=O) groups excluding carboxylic acids is 1. The standard InChI is InChI=1S/C15H22N2O2/c1-10(2)11(3)7-16-8-12-4-5-14-13(6-12)17-15(18)9-19-14/h4-6,10-11,16H,7-9H2,1-3H3,(H,17,18). The molecule has 2 rings (SSSR count). The summed E-state index contributed by atoms with van der Waals surface area (Å²) in [6, 6.07) is 5.92. The van der Waals surface area contributed by atoms with Gasteiger partial charge in [0.05, 0.1) is 5.69 Å². The largest absolute Gasteiger partial charge is 0.482 e. The third-order valence-corrected chi connectivity index (χ3v) is 3.61. The Kier molecular flexibility index (Phi) is 4.43. The summed E-state index contributed by atoms with van der Waals surface area (Å²) in [4.78, 5) is 11.3. The smallest absolute Gasteiger partial charge is 0.262 e. The van der Waals surface area contributed by atoms with Gasteiger partial charge < -0.3 is 15.4 Å². The minimum atomic E-state index is -0.0916. The number of amides is 1. The average Bonchev–Trinajstić information content (AvgIpc) is 2.38. The highest BCUT2D eigenvalue weighted by Gasteiger charge is 2.15. The van der Waals surface area contributed by atoms with Gasteiger partial charge in [0.1, 0.15) is 5.75 Å². The van der Waals surface area contributed by atoms with E-state index in [1.807, 2.05) is 18.2 Å². The molecule has 1 atom stereocenters. The molecule has 0 aromatic heterocycles. The van der Waals surface area contributed by atoms with E-state index in [-0.39, 0.29) is 12.5 Å². The summed E-state index contributed by atoms with van der Waals surface area (Å²) >= 11 is 0. The Morgan fingerprint density at radius 2 is 2.16 bits per heavy atom. The van der Waals surface area contributed by atoms with Gasteiger partial charge in [-0.25, -0.2) is 0 Å². The van der Waals surface area contributed by atoms with Gasteiger partial charge in [0, 0.05) is 6.54 Å². The molecule has 104 valence electrons. The van der Waals surface area contributed by atoms with E-state index < -0.39 is 0 Å². The first-order valence-electron chi connectivity index (χ1n) is 6.82. The molecule has 0 saturated heterocycles. The van der Waals surface area contributed by atoms with Crippen molar-refractivity contribution in [3.8, 4) is 5.75 Å². The molecule has 4 heteroatoms. The first-order valence-corrected chi connectivity index (χ1v) is 6.82. The van der Waals surface area contributed by atoms with Crippen molar-refractivity contribution in [3.05, 3.63) is 23.8 Å². The van der Waals surface area contributed by atoms with Gasteiger partial charge in [0.2, 0.25) is 0 Å². The van der Waals surface area contributed by atoms with Gasteiger partial charge in [-0.2, -0.15) is 0 Å². The molecule has 4 nitrogen and oxygen atoms in total. The van der Waals surface area contributed by atoms with Crippen molar-refractivity contribution in [2.75, 3.05) is 18.5 Å². The number of rotatable bonds is 5. The number of carbonyl (C=O) groups is 1. The molecule has 0 fully saturated rings. The highest BCUT2D eigenvalue weighted by Crippen LogP contribution is 2.28. The summed E-state index contributed by atoms with van der Waals surface area (Å²) in [6.07, 6.45) is 0. The SMILES string of the molecule is CC(C)C(C)CNCc1ccc2c(c1)NC(=O)CO2. The van der Waals surface area contributed by atoms with Gasteiger partial charge in [-0.05, 0) is 36.1 Å². The minimum Gasteiger partial charge on any atom is -0.482 e. The van der Waals surface area contributed by atoms with Gasteiger partial charge in [0.25, 0.3) is 5.91 Å². The quantitative estimate of drug-likeness (QED) is 0.856. The number of anilines is 1. The van der Waals surface area contributed by atoms with Crippen molar-refractivity contribution in [1.82, 2.24) is 5.32 Å². The van der Waals surface area contributed by atoms with Gasteiger partial charge in [-0.1, -0.05) is 26.8 Å². The Morgan fingerprint density at radius 1 is 1.37 bits per heavy atom. The van der Waals surface area contributed by atoms with Crippen LogP contribution in [0.3, 0.4) is 0 Å². The van der Waals surface area contributed by atoms with Crippen molar-refractivity contribution < 1.29 is 9.53 Å². The Bertz CT molecular complexity index is 457. The fourth-order valence-corrected chi connectivity index (χ4v) is 1.92. The van der Waals surface area contributed by atoms with Crippen LogP contribution in [0.5, 0.6) is 5.75 Å². The molecule has 1 heterocycles. The van der Waals surface area contributed by atoms with Crippen LogP contribution in [0.2, 0.25) is 0 Å². The molecular weight excluding hydrogens is 240 g/mol. The van der Waals surface area contributed by atoms with Crippen LogP contribution in [-0.4, -0.2) is 19.1 Å². The summed E-state index contributed by atoms with van der Waals surface area (Å²) in [5.41, 5.74) is 1.92. The third kappa shape index (κ3) is 3.70. The van der Waals surface area contributed by atoms with Crippen LogP contribution in [0.1, 0.15) is 26.3 Å². The van der Waals surface area contributed by atoms with Crippen LogP contribution in [0.25, 0.3) is 0 Å². The second kappa shape index (κ2) is 6.06. The van der Waals surface area contributed by atoms with Crippen molar-refractivity contribution in [2.45, 2.75) is 27.3 Å². The molecule has 0 aliphatic carbocycles. The summed E-state index contributed by atoms with van der Waals surface area (Å²) in [7, 11) is 0. The predicted octanol–water partition coefficient (Wildman–Crippen LogP) is 2.40. The molecule has 0 saturated carbocycles. The van der Waals surface area contributed by atoms with E-state index in [4.69, 9.17) is 4.74 Å². The molecule has 19 heavy (non-hydrogen) atoms. The molecule has 1 aliphatic rings. The number of hydrogen-bond donors (Lipinski definition) is 2. The Balaban J connectivity index is 1.91. The van der Waals surface area contributed by atoms with Crippen LogP contribution in [0.15, 0.2) is 18.2 Å². The fraction of sp³-hybridized carbons (Fsp3) is 0.533. The van der Waals surface area contributed by atoms with E-state index in [0.29, 0.717) is 11.8 Å². The highest BCUT2D eigenvalue weighted by molar-refractivity contribution is 5.95. The van der Waals surface area contributed by atoms with Crippen molar-refractivity contribution in [1.29, 1.82) is 0 Å². The molecule has 1 amide bonds. The molecular formula is C15H22N2O2. The van der Waals surface area contributed by atoms with Gasteiger partial charge >= 0.3 is 0 Å². The zero-order chi connectivity index (χ0) is 13.8. The first-order chi connectivity index (χ1) is 9.06. The molecule has 1 aliphatic heterocycles. The van der Waals surface area contributed by atoms with E-state index in [1.165, 1.54) is 0 Å². The van der Waals surface area contributed by atoms with E-state index in [0.717, 1.165) is 30.1 Å². The molecule has 0 radical (unpaired) electrons. The summed E-state index contributed by atoms with van der Waals surface area (Å²) in [5, 5.41) is 6.27. The number of hydrogen-bond acceptors (Lipinski definition) is 3. The fourth-order valence-electron chi connectivity index (χ4n) is 1.92. The van der Waals surface area contributed by atoms with Gasteiger partial charge in [-0.3, -0.25) is 4.79 Å². The average molecular weight is 262 g/mol. The zero-order valence-corrected chi connectivity index (χ0v) is 11.8. The van der Waals surface area contributed by atoms with Crippen molar-refractivity contribution in [2.24, 2.45) is 11.8 Å². The summed E-state index contributed by atoms with van der Waals surface area (Å²) in [6.45, 7) is 8.63. The van der Waals surface area contributed by atoms with E-state index >= 15 is 0 Å². The van der Waals surface area contributed by atoms with E-state index in [1.54, 1.807) is 0 Å². The van der Waals surface area contributed by atoms with Gasteiger partial charge in [0.15, 0.2) is 6.61 Å². The molecule has 2 N–H and O–H groups in total. The van der Waals surface area contributed by atoms with E-state index in [9.17, 15) is 4.79 Å². The topological polar surface area (TPSA) is 50.4 Å². The predicted molar refractivity (Wildman–Crippen MR) is 76.3 cm³/mol. The lowest BCUT2D eigenvalue weighted by atomic mass is 9.98. The first kappa shape index (κ1) is 13.9. The van der Waals surface area contributed by atoms with Crippen molar-refractivity contribution >= 4 is 11.6 Å². The lowest BCUT2D eigenvalue weighted by Crippen LogP contribution is -2.26. The zero-order valence-electron chi connectivity index (χ0n) is 11.8. The van der Waals surface area contributed by atoms with E-state index in [2.05, 4.69) is 31.4 Å². The molecule has 1 unspecified atom stereocenters. The molecule has 0 bridgehead atoms. The Morgan fingerprint density at radius 3 is 2.89 bits per heavy atom. The number of fused-ring (bicyclic) bond motifs is 1. The second-order valence-electron chi connectivity index (χ2n) is 5.52. The van der Waals surface area contributed by atoms with Crippen LogP contribution >= 0.6 is 0 Å². The normalized spacial score (nSPS) is 15.7. The maximum atomic E-state index is 11.3. The highest BCUT2D eigenvalue weighted by atomic mass is 16.5. The monoisotopic (exact) mass is 262 g/mol. The molecule has 1 aromatic carbocycles. The summed E-state index contributed by atoms with van der Waals surface area (Å²) in [5.74, 6) is 1.99. The lowest BCUT2D eigenvalue weighted by molar-refractivity contribution is -0.118.